The summed E-state index contributed by atoms with van der Waals surface area (Å²) < 4.78 is 18.2. The van der Waals surface area contributed by atoms with Crippen molar-refractivity contribution in [2.24, 2.45) is 7.05 Å². The summed E-state index contributed by atoms with van der Waals surface area (Å²) >= 11 is 7.41. The van der Waals surface area contributed by atoms with E-state index < -0.39 is 0 Å². The summed E-state index contributed by atoms with van der Waals surface area (Å²) in [7, 11) is 1.83. The maximum Gasteiger partial charge on any atom is 0.231 e. The van der Waals surface area contributed by atoms with Crippen molar-refractivity contribution in [2.75, 3.05) is 12.5 Å². The summed E-state index contributed by atoms with van der Waals surface area (Å²) in [6.07, 6.45) is 0. The van der Waals surface area contributed by atoms with Crippen molar-refractivity contribution in [1.82, 2.24) is 20.1 Å². The first-order valence-corrected chi connectivity index (χ1v) is 10.9. The Balaban J connectivity index is 1.29. The molecule has 4 rings (SSSR count). The Bertz CT molecular complexity index is 1090. The van der Waals surface area contributed by atoms with Crippen molar-refractivity contribution in [1.29, 1.82) is 0 Å². The number of benzene rings is 2. The minimum absolute atomic E-state index is 0.105. The lowest BCUT2D eigenvalue weighted by atomic mass is 10.1. The van der Waals surface area contributed by atoms with Crippen molar-refractivity contribution < 1.29 is 19.0 Å². The molecule has 0 saturated carbocycles. The van der Waals surface area contributed by atoms with E-state index in [2.05, 4.69) is 15.5 Å². The average Bonchev–Trinajstić information content (AvgIpc) is 3.37. The molecule has 1 amide bonds. The number of hydrogen-bond donors (Lipinski definition) is 1. The first kappa shape index (κ1) is 21.3. The van der Waals surface area contributed by atoms with Gasteiger partial charge in [0.15, 0.2) is 22.5 Å². The lowest BCUT2D eigenvalue weighted by Gasteiger charge is -2.14. The van der Waals surface area contributed by atoms with Crippen molar-refractivity contribution in [3.05, 3.63) is 58.9 Å². The third-order valence-corrected chi connectivity index (χ3v) is 6.06. The molecule has 0 unspecified atom stereocenters. The van der Waals surface area contributed by atoms with Gasteiger partial charge in [0.2, 0.25) is 12.7 Å². The minimum atomic E-state index is -0.165. The number of fused-ring (bicyclic) bond motifs is 1. The zero-order valence-electron chi connectivity index (χ0n) is 17.0. The Morgan fingerprint density at radius 3 is 2.90 bits per heavy atom. The first-order valence-electron chi connectivity index (χ1n) is 9.58. The standard InChI is InChI=1S/C21H21ClN4O4S/c1-13(14-7-8-17-18(9-14)30-12-29-17)23-20(27)11-31-21-25-24-19(26(21)2)10-28-16-6-4-3-5-15(16)22/h3-9,13H,10-12H2,1-2H3,(H,23,27)/t13-/m1/s1. The van der Waals surface area contributed by atoms with Crippen LogP contribution in [0.3, 0.4) is 0 Å². The van der Waals surface area contributed by atoms with Gasteiger partial charge in [0.25, 0.3) is 0 Å². The minimum Gasteiger partial charge on any atom is -0.484 e. The van der Waals surface area contributed by atoms with Crippen LogP contribution in [0.2, 0.25) is 5.02 Å². The van der Waals surface area contributed by atoms with E-state index in [9.17, 15) is 4.79 Å². The summed E-state index contributed by atoms with van der Waals surface area (Å²) in [5.41, 5.74) is 0.945. The van der Waals surface area contributed by atoms with Gasteiger partial charge >= 0.3 is 0 Å². The topological polar surface area (TPSA) is 87.5 Å². The van der Waals surface area contributed by atoms with Gasteiger partial charge in [0.05, 0.1) is 16.8 Å². The van der Waals surface area contributed by atoms with Gasteiger partial charge in [0, 0.05) is 7.05 Å². The molecule has 0 spiro atoms. The molecule has 0 saturated heterocycles. The molecule has 0 aliphatic carbocycles. The molecule has 0 fully saturated rings. The van der Waals surface area contributed by atoms with E-state index >= 15 is 0 Å². The van der Waals surface area contributed by atoms with E-state index in [1.807, 2.05) is 44.3 Å². The van der Waals surface area contributed by atoms with Gasteiger partial charge < -0.3 is 24.1 Å². The van der Waals surface area contributed by atoms with Crippen molar-refractivity contribution in [2.45, 2.75) is 24.7 Å². The largest absolute Gasteiger partial charge is 0.484 e. The van der Waals surface area contributed by atoms with Crippen LogP contribution in [0.15, 0.2) is 47.6 Å². The quantitative estimate of drug-likeness (QED) is 0.512. The molecular formula is C21H21ClN4O4S. The van der Waals surface area contributed by atoms with Crippen LogP contribution in [0.1, 0.15) is 24.4 Å². The molecule has 2 aromatic carbocycles. The Labute approximate surface area is 188 Å². The van der Waals surface area contributed by atoms with Gasteiger partial charge in [-0.3, -0.25) is 4.79 Å². The van der Waals surface area contributed by atoms with Gasteiger partial charge in [-0.1, -0.05) is 41.6 Å². The van der Waals surface area contributed by atoms with E-state index in [1.165, 1.54) is 11.8 Å². The third kappa shape index (κ3) is 5.05. The van der Waals surface area contributed by atoms with Gasteiger partial charge in [-0.2, -0.15) is 0 Å². The second kappa shape index (κ2) is 9.49. The van der Waals surface area contributed by atoms with Crippen LogP contribution in [0.4, 0.5) is 0 Å². The van der Waals surface area contributed by atoms with Gasteiger partial charge in [-0.15, -0.1) is 10.2 Å². The maximum absolute atomic E-state index is 12.4. The zero-order chi connectivity index (χ0) is 21.8. The summed E-state index contributed by atoms with van der Waals surface area (Å²) in [6, 6.07) is 12.7. The SMILES string of the molecule is C[C@@H](NC(=O)CSc1nnc(COc2ccccc2Cl)n1C)c1ccc2c(c1)OCO2. The lowest BCUT2D eigenvalue weighted by Crippen LogP contribution is -2.28. The number of carbonyl (C=O) groups excluding carboxylic acids is 1. The number of aromatic nitrogens is 3. The molecule has 1 aliphatic rings. The van der Waals surface area contributed by atoms with E-state index in [0.29, 0.717) is 27.5 Å². The zero-order valence-corrected chi connectivity index (χ0v) is 18.6. The molecule has 31 heavy (non-hydrogen) atoms. The maximum atomic E-state index is 12.4. The van der Waals surface area contributed by atoms with Crippen molar-refractivity contribution in [3.63, 3.8) is 0 Å². The number of hydrogen-bond acceptors (Lipinski definition) is 7. The summed E-state index contributed by atoms with van der Waals surface area (Å²) in [6.45, 7) is 2.37. The summed E-state index contributed by atoms with van der Waals surface area (Å²) in [4.78, 5) is 12.4. The predicted octanol–water partition coefficient (Wildman–Crippen LogP) is 3.75. The van der Waals surface area contributed by atoms with Crippen molar-refractivity contribution in [3.8, 4) is 17.2 Å². The van der Waals surface area contributed by atoms with Crippen LogP contribution in [0, 0.1) is 0 Å². The molecule has 1 aromatic heterocycles. The molecule has 2 heterocycles. The van der Waals surface area contributed by atoms with E-state index in [0.717, 1.165) is 11.3 Å². The Kier molecular flexibility index (Phi) is 6.53. The first-order chi connectivity index (χ1) is 15.0. The fraction of sp³-hybridized carbons (Fsp3) is 0.286. The molecule has 1 atom stereocenters. The highest BCUT2D eigenvalue weighted by molar-refractivity contribution is 7.99. The Morgan fingerprint density at radius 1 is 1.26 bits per heavy atom. The molecule has 0 radical (unpaired) electrons. The van der Waals surface area contributed by atoms with Crippen LogP contribution in [-0.2, 0) is 18.4 Å². The fourth-order valence-electron chi connectivity index (χ4n) is 2.98. The van der Waals surface area contributed by atoms with E-state index in [4.69, 9.17) is 25.8 Å². The number of halogens is 1. The summed E-state index contributed by atoms with van der Waals surface area (Å²) in [5, 5.41) is 12.4. The van der Waals surface area contributed by atoms with E-state index in [-0.39, 0.29) is 31.1 Å². The molecular weight excluding hydrogens is 440 g/mol. The predicted molar refractivity (Wildman–Crippen MR) is 117 cm³/mol. The lowest BCUT2D eigenvalue weighted by molar-refractivity contribution is -0.119. The molecule has 8 nitrogen and oxygen atoms in total. The number of thioether (sulfide) groups is 1. The van der Waals surface area contributed by atoms with Gasteiger partial charge in [-0.25, -0.2) is 0 Å². The molecule has 3 aromatic rings. The fourth-order valence-corrected chi connectivity index (χ4v) is 3.91. The second-order valence-corrected chi connectivity index (χ2v) is 8.22. The Morgan fingerprint density at radius 2 is 2.06 bits per heavy atom. The number of rotatable bonds is 8. The molecule has 1 N–H and O–H groups in total. The van der Waals surface area contributed by atoms with Crippen LogP contribution < -0.4 is 19.5 Å². The van der Waals surface area contributed by atoms with Gasteiger partial charge in [-0.05, 0) is 36.8 Å². The monoisotopic (exact) mass is 460 g/mol. The highest BCUT2D eigenvalue weighted by Gasteiger charge is 2.18. The molecule has 0 bridgehead atoms. The smallest absolute Gasteiger partial charge is 0.231 e. The normalized spacial score (nSPS) is 13.1. The number of para-hydroxylation sites is 1. The molecule has 10 heteroatoms. The van der Waals surface area contributed by atoms with Crippen LogP contribution in [-0.4, -0.2) is 33.2 Å². The third-order valence-electron chi connectivity index (χ3n) is 4.72. The van der Waals surface area contributed by atoms with Crippen LogP contribution >= 0.6 is 23.4 Å². The van der Waals surface area contributed by atoms with Crippen molar-refractivity contribution >= 4 is 29.3 Å². The second-order valence-electron chi connectivity index (χ2n) is 6.87. The van der Waals surface area contributed by atoms with Crippen LogP contribution in [0.25, 0.3) is 0 Å². The molecule has 162 valence electrons. The van der Waals surface area contributed by atoms with Gasteiger partial charge in [0.1, 0.15) is 12.4 Å². The number of carbonyl (C=O) groups is 1. The average molecular weight is 461 g/mol. The summed E-state index contributed by atoms with van der Waals surface area (Å²) in [5.74, 6) is 2.74. The number of nitrogens with zero attached hydrogens (tertiary/aromatic N) is 3. The highest BCUT2D eigenvalue weighted by Crippen LogP contribution is 2.34. The van der Waals surface area contributed by atoms with E-state index in [1.54, 1.807) is 16.7 Å². The number of ether oxygens (including phenoxy) is 3. The highest BCUT2D eigenvalue weighted by atomic mass is 35.5. The number of nitrogens with one attached hydrogen (secondary N) is 1. The number of amides is 1. The van der Waals surface area contributed by atoms with Crippen LogP contribution in [0.5, 0.6) is 17.2 Å². The molecule has 1 aliphatic heterocycles. The Hall–Kier alpha value is -2.91.